The second kappa shape index (κ2) is 7.41. The molecule has 21 heavy (non-hydrogen) atoms. The molecule has 1 aliphatic rings. The molecule has 0 spiro atoms. The topological polar surface area (TPSA) is 108 Å². The Morgan fingerprint density at radius 2 is 2.38 bits per heavy atom. The Kier molecular flexibility index (Phi) is 5.57. The molecule has 1 aliphatic heterocycles. The van der Waals surface area contributed by atoms with Crippen molar-refractivity contribution in [1.29, 1.82) is 0 Å². The lowest BCUT2D eigenvalue weighted by Crippen LogP contribution is -2.52. The van der Waals surface area contributed by atoms with Crippen LogP contribution in [-0.2, 0) is 4.74 Å². The summed E-state index contributed by atoms with van der Waals surface area (Å²) in [6.07, 6.45) is 4.28. The highest BCUT2D eigenvalue weighted by Crippen LogP contribution is 2.11. The minimum absolute atomic E-state index is 0.0159. The second-order valence-corrected chi connectivity index (χ2v) is 5.05. The molecular formula is C13H20N4O4. The van der Waals surface area contributed by atoms with Crippen molar-refractivity contribution in [3.8, 4) is 0 Å². The molecule has 116 valence electrons. The van der Waals surface area contributed by atoms with Gasteiger partial charge in [-0.15, -0.1) is 0 Å². The van der Waals surface area contributed by atoms with Gasteiger partial charge in [-0.2, -0.15) is 0 Å². The zero-order valence-corrected chi connectivity index (χ0v) is 11.7. The lowest BCUT2D eigenvalue weighted by molar-refractivity contribution is -0.0347. The van der Waals surface area contributed by atoms with Crippen LogP contribution in [0.15, 0.2) is 18.6 Å². The van der Waals surface area contributed by atoms with E-state index in [0.717, 1.165) is 0 Å². The van der Waals surface area contributed by atoms with E-state index in [1.165, 1.54) is 18.6 Å². The van der Waals surface area contributed by atoms with Crippen molar-refractivity contribution in [1.82, 2.24) is 20.2 Å². The van der Waals surface area contributed by atoms with Crippen LogP contribution < -0.4 is 5.32 Å². The van der Waals surface area contributed by atoms with Gasteiger partial charge in [0.1, 0.15) is 11.3 Å². The number of aliphatic hydroxyl groups is 2. The van der Waals surface area contributed by atoms with Gasteiger partial charge in [0.15, 0.2) is 0 Å². The Hall–Kier alpha value is -1.61. The fraction of sp³-hybridized carbons (Fsp3) is 0.615. The quantitative estimate of drug-likeness (QED) is 0.592. The van der Waals surface area contributed by atoms with Crippen LogP contribution in [0.2, 0.25) is 0 Å². The first-order chi connectivity index (χ1) is 10.1. The van der Waals surface area contributed by atoms with Gasteiger partial charge in [-0.05, 0) is 0 Å². The molecule has 3 N–H and O–H groups in total. The van der Waals surface area contributed by atoms with Crippen LogP contribution in [0.5, 0.6) is 0 Å². The Balaban J connectivity index is 1.92. The van der Waals surface area contributed by atoms with Crippen molar-refractivity contribution >= 4 is 5.91 Å². The molecule has 0 aromatic carbocycles. The van der Waals surface area contributed by atoms with E-state index in [1.54, 1.807) is 0 Å². The summed E-state index contributed by atoms with van der Waals surface area (Å²) in [5.74, 6) is -0.394. The Labute approximate surface area is 122 Å². The molecule has 1 saturated heterocycles. The highest BCUT2D eigenvalue weighted by atomic mass is 16.5. The smallest absolute Gasteiger partial charge is 0.271 e. The maximum absolute atomic E-state index is 11.9. The molecule has 0 bridgehead atoms. The van der Waals surface area contributed by atoms with E-state index in [9.17, 15) is 9.90 Å². The Morgan fingerprint density at radius 3 is 3.10 bits per heavy atom. The average molecular weight is 296 g/mol. The number of ether oxygens (including phenoxy) is 1. The van der Waals surface area contributed by atoms with E-state index in [2.05, 4.69) is 15.3 Å². The van der Waals surface area contributed by atoms with E-state index >= 15 is 0 Å². The second-order valence-electron chi connectivity index (χ2n) is 5.05. The summed E-state index contributed by atoms with van der Waals surface area (Å²) in [7, 11) is 0. The van der Waals surface area contributed by atoms with Crippen LogP contribution >= 0.6 is 0 Å². The minimum atomic E-state index is -1.19. The van der Waals surface area contributed by atoms with E-state index in [-0.39, 0.29) is 25.5 Å². The van der Waals surface area contributed by atoms with Gasteiger partial charge in [-0.1, -0.05) is 0 Å². The molecule has 8 nitrogen and oxygen atoms in total. The molecule has 0 aliphatic carbocycles. The first-order valence-corrected chi connectivity index (χ1v) is 6.80. The van der Waals surface area contributed by atoms with Crippen LogP contribution in [0.25, 0.3) is 0 Å². The minimum Gasteiger partial charge on any atom is -0.395 e. The first-order valence-electron chi connectivity index (χ1n) is 6.80. The van der Waals surface area contributed by atoms with Gasteiger partial charge in [-0.3, -0.25) is 14.7 Å². The summed E-state index contributed by atoms with van der Waals surface area (Å²) in [4.78, 5) is 21.5. The third kappa shape index (κ3) is 4.71. The molecule has 1 aromatic heterocycles. The molecule has 2 rings (SSSR count). The molecule has 1 aromatic rings. The number of carbonyl (C=O) groups excluding carboxylic acids is 1. The van der Waals surface area contributed by atoms with Gasteiger partial charge in [0.25, 0.3) is 5.91 Å². The largest absolute Gasteiger partial charge is 0.395 e. The number of nitrogens with zero attached hydrogens (tertiary/aromatic N) is 3. The molecule has 1 amide bonds. The van der Waals surface area contributed by atoms with Crippen LogP contribution in [-0.4, -0.2) is 82.6 Å². The molecule has 2 heterocycles. The Bertz CT molecular complexity index is 459. The number of β-amino-alcohol motifs (C(OH)–C–C–N with tert-alkyl or cyclic N) is 2. The summed E-state index contributed by atoms with van der Waals surface area (Å²) >= 11 is 0. The van der Waals surface area contributed by atoms with E-state index in [0.29, 0.717) is 26.2 Å². The summed E-state index contributed by atoms with van der Waals surface area (Å²) in [5.41, 5.74) is -0.994. The lowest BCUT2D eigenvalue weighted by Gasteiger charge is -2.30. The van der Waals surface area contributed by atoms with Gasteiger partial charge in [0.05, 0.1) is 32.6 Å². The number of nitrogens with one attached hydrogen (secondary N) is 1. The highest BCUT2D eigenvalue weighted by molar-refractivity contribution is 5.91. The number of hydrogen-bond acceptors (Lipinski definition) is 7. The van der Waals surface area contributed by atoms with Gasteiger partial charge in [0, 0.05) is 32.0 Å². The van der Waals surface area contributed by atoms with Crippen LogP contribution in [0.1, 0.15) is 10.5 Å². The van der Waals surface area contributed by atoms with E-state index in [1.807, 2.05) is 4.90 Å². The third-order valence-electron chi connectivity index (χ3n) is 3.23. The van der Waals surface area contributed by atoms with E-state index in [4.69, 9.17) is 9.84 Å². The van der Waals surface area contributed by atoms with Crippen molar-refractivity contribution in [2.24, 2.45) is 0 Å². The molecular weight excluding hydrogens is 276 g/mol. The van der Waals surface area contributed by atoms with Gasteiger partial charge < -0.3 is 20.3 Å². The van der Waals surface area contributed by atoms with Crippen LogP contribution in [0.4, 0.5) is 0 Å². The summed E-state index contributed by atoms with van der Waals surface area (Å²) < 4.78 is 5.37. The predicted octanol–water partition coefficient (Wildman–Crippen LogP) is -1.74. The van der Waals surface area contributed by atoms with Crippen LogP contribution in [0, 0.1) is 0 Å². The zero-order valence-electron chi connectivity index (χ0n) is 11.7. The molecule has 0 unspecified atom stereocenters. The van der Waals surface area contributed by atoms with E-state index < -0.39 is 11.5 Å². The summed E-state index contributed by atoms with van der Waals surface area (Å²) in [5, 5.41) is 22.2. The van der Waals surface area contributed by atoms with Crippen molar-refractivity contribution in [2.75, 3.05) is 46.0 Å². The molecule has 0 radical (unpaired) electrons. The number of aromatic nitrogens is 2. The average Bonchev–Trinajstić information content (AvgIpc) is 2.68. The molecule has 1 fully saturated rings. The maximum atomic E-state index is 11.9. The normalized spacial score (nSPS) is 23.5. The number of carbonyl (C=O) groups is 1. The third-order valence-corrected chi connectivity index (χ3v) is 3.23. The van der Waals surface area contributed by atoms with Crippen molar-refractivity contribution in [2.45, 2.75) is 5.60 Å². The molecule has 8 heteroatoms. The predicted molar refractivity (Wildman–Crippen MR) is 73.7 cm³/mol. The molecule has 0 saturated carbocycles. The summed E-state index contributed by atoms with van der Waals surface area (Å²) in [6.45, 7) is 2.11. The van der Waals surface area contributed by atoms with Crippen molar-refractivity contribution < 1.29 is 19.7 Å². The highest BCUT2D eigenvalue weighted by Gasteiger charge is 2.32. The van der Waals surface area contributed by atoms with Crippen molar-refractivity contribution in [3.05, 3.63) is 24.3 Å². The number of rotatable bonds is 5. The zero-order chi connectivity index (χ0) is 15.1. The Morgan fingerprint density at radius 1 is 1.52 bits per heavy atom. The SMILES string of the molecule is O=C(NC[C@@]1(O)COCCN(CCO)C1)c1cnccn1. The standard InChI is InChI=1S/C13H20N4O4/c18-5-3-17-4-6-21-10-13(20,9-17)8-16-12(19)11-7-14-1-2-15-11/h1-2,7,18,20H,3-6,8-10H2,(H,16,19)/t13-/m0/s1. The van der Waals surface area contributed by atoms with Gasteiger partial charge >= 0.3 is 0 Å². The fourth-order valence-electron chi connectivity index (χ4n) is 2.19. The van der Waals surface area contributed by atoms with Crippen molar-refractivity contribution in [3.63, 3.8) is 0 Å². The van der Waals surface area contributed by atoms with Gasteiger partial charge in [-0.25, -0.2) is 4.98 Å². The van der Waals surface area contributed by atoms with Gasteiger partial charge in [0.2, 0.25) is 0 Å². The lowest BCUT2D eigenvalue weighted by atomic mass is 10.1. The number of hydrogen-bond donors (Lipinski definition) is 3. The van der Waals surface area contributed by atoms with Crippen LogP contribution in [0.3, 0.4) is 0 Å². The fourth-order valence-corrected chi connectivity index (χ4v) is 2.19. The number of aliphatic hydroxyl groups excluding tert-OH is 1. The number of amides is 1. The monoisotopic (exact) mass is 296 g/mol. The maximum Gasteiger partial charge on any atom is 0.271 e. The molecule has 1 atom stereocenters. The summed E-state index contributed by atoms with van der Waals surface area (Å²) in [6, 6.07) is 0. The first kappa shape index (κ1) is 15.8.